The zero-order valence-electron chi connectivity index (χ0n) is 22.1. The van der Waals surface area contributed by atoms with Gasteiger partial charge >= 0.3 is 5.97 Å². The minimum atomic E-state index is -1.17. The quantitative estimate of drug-likeness (QED) is 0.503. The Labute approximate surface area is 230 Å². The molecule has 3 saturated heterocycles. The van der Waals surface area contributed by atoms with Crippen LogP contribution in [0.1, 0.15) is 67.9 Å². The highest BCUT2D eigenvalue weighted by molar-refractivity contribution is 5.90. The van der Waals surface area contributed by atoms with Crippen molar-refractivity contribution in [2.24, 2.45) is 11.3 Å². The number of aromatic carboxylic acids is 1. The Morgan fingerprint density at radius 1 is 1.05 bits per heavy atom. The van der Waals surface area contributed by atoms with Gasteiger partial charge < -0.3 is 26.0 Å². The maximum Gasteiger partial charge on any atom is 0.358 e. The van der Waals surface area contributed by atoms with Gasteiger partial charge in [-0.1, -0.05) is 0 Å². The summed E-state index contributed by atoms with van der Waals surface area (Å²) >= 11 is 0. The van der Waals surface area contributed by atoms with Gasteiger partial charge in [-0.05, 0) is 88.9 Å². The van der Waals surface area contributed by atoms with Crippen molar-refractivity contribution in [2.75, 3.05) is 51.5 Å². The molecule has 5 heterocycles. The van der Waals surface area contributed by atoms with Gasteiger partial charge in [0.05, 0.1) is 24.1 Å². The number of nitrogens with zero attached hydrogens (tertiary/aromatic N) is 6. The minimum Gasteiger partial charge on any atom is -0.476 e. The number of carboxylic acid groups (broad SMARTS) is 1. The van der Waals surface area contributed by atoms with Gasteiger partial charge in [0, 0.05) is 37.4 Å². The molecule has 0 aromatic carbocycles. The van der Waals surface area contributed by atoms with E-state index in [0.717, 1.165) is 43.5 Å². The first-order chi connectivity index (χ1) is 18.0. The minimum absolute atomic E-state index is 0. The lowest BCUT2D eigenvalue weighted by Gasteiger charge is -2.56. The van der Waals surface area contributed by atoms with Gasteiger partial charge in [-0.2, -0.15) is 5.10 Å². The molecule has 208 valence electrons. The molecule has 0 unspecified atom stereocenters. The second-order valence-corrected chi connectivity index (χ2v) is 11.8. The standard InChI is InChI=1S/C27H40N8O2.ClH/c28-25-24(26(36)37)32-23(16-30-25)20-15-31-35(18-20)21-3-9-34(10-4-21)22-13-27(14-22)5-11-33(12-6-27)17-19-1-7-29-8-2-19;/h15-16,18-19,21-22,29H,1-14,17H2,(H2,28,30)(H,36,37);1H. The smallest absolute Gasteiger partial charge is 0.358 e. The molecular formula is C27H41ClN8O2. The van der Waals surface area contributed by atoms with Crippen LogP contribution >= 0.6 is 12.4 Å². The molecule has 2 aromatic rings. The van der Waals surface area contributed by atoms with Crippen LogP contribution in [0.5, 0.6) is 0 Å². The molecule has 4 N–H and O–H groups in total. The first-order valence-corrected chi connectivity index (χ1v) is 14.1. The predicted octanol–water partition coefficient (Wildman–Crippen LogP) is 2.92. The number of halogens is 1. The predicted molar refractivity (Wildman–Crippen MR) is 148 cm³/mol. The fraction of sp³-hybridized carbons (Fsp3) is 0.704. The van der Waals surface area contributed by atoms with Crippen LogP contribution < -0.4 is 11.1 Å². The monoisotopic (exact) mass is 544 g/mol. The third-order valence-corrected chi connectivity index (χ3v) is 9.52. The topological polar surface area (TPSA) is 125 Å². The van der Waals surface area contributed by atoms with Crippen molar-refractivity contribution >= 4 is 24.2 Å². The summed E-state index contributed by atoms with van der Waals surface area (Å²) in [5, 5.41) is 17.4. The summed E-state index contributed by atoms with van der Waals surface area (Å²) in [6.45, 7) is 8.55. The Hall–Kier alpha value is -2.27. The number of carbonyl (C=O) groups is 1. The molecule has 3 aliphatic heterocycles. The third-order valence-electron chi connectivity index (χ3n) is 9.52. The van der Waals surface area contributed by atoms with Crippen LogP contribution in [0, 0.1) is 11.3 Å². The Kier molecular flexibility index (Phi) is 8.23. The number of hydrogen-bond donors (Lipinski definition) is 3. The van der Waals surface area contributed by atoms with Crippen molar-refractivity contribution in [3.63, 3.8) is 0 Å². The van der Waals surface area contributed by atoms with E-state index in [0.29, 0.717) is 17.2 Å². The van der Waals surface area contributed by atoms with Gasteiger partial charge in [-0.3, -0.25) is 4.68 Å². The number of anilines is 1. The maximum atomic E-state index is 11.3. The van der Waals surface area contributed by atoms with Gasteiger partial charge in [-0.15, -0.1) is 12.4 Å². The molecule has 4 fully saturated rings. The van der Waals surface area contributed by atoms with Crippen molar-refractivity contribution in [1.29, 1.82) is 0 Å². The number of nitrogens with two attached hydrogens (primary N) is 1. The highest BCUT2D eigenvalue weighted by Crippen LogP contribution is 2.51. The van der Waals surface area contributed by atoms with Crippen molar-refractivity contribution in [3.8, 4) is 11.3 Å². The number of nitrogens with one attached hydrogen (secondary N) is 1. The first-order valence-electron chi connectivity index (χ1n) is 14.1. The summed E-state index contributed by atoms with van der Waals surface area (Å²) in [5.41, 5.74) is 7.29. The van der Waals surface area contributed by atoms with Gasteiger partial charge in [0.15, 0.2) is 11.5 Å². The molecule has 1 aliphatic carbocycles. The van der Waals surface area contributed by atoms with Gasteiger partial charge in [0.1, 0.15) is 0 Å². The zero-order chi connectivity index (χ0) is 25.4. The van der Waals surface area contributed by atoms with E-state index < -0.39 is 5.97 Å². The van der Waals surface area contributed by atoms with Crippen molar-refractivity contribution < 1.29 is 9.90 Å². The van der Waals surface area contributed by atoms with Gasteiger partial charge in [0.2, 0.25) is 0 Å². The summed E-state index contributed by atoms with van der Waals surface area (Å²) in [5.74, 6) is -0.345. The molecule has 0 atom stereocenters. The Morgan fingerprint density at radius 2 is 1.76 bits per heavy atom. The second kappa shape index (κ2) is 11.5. The summed E-state index contributed by atoms with van der Waals surface area (Å²) in [6, 6.07) is 1.11. The van der Waals surface area contributed by atoms with E-state index >= 15 is 0 Å². The average Bonchev–Trinajstić information content (AvgIpc) is 3.39. The largest absolute Gasteiger partial charge is 0.476 e. The van der Waals surface area contributed by atoms with Gasteiger partial charge in [0.25, 0.3) is 0 Å². The van der Waals surface area contributed by atoms with Crippen LogP contribution in [0.2, 0.25) is 0 Å². The molecule has 0 amide bonds. The van der Waals surface area contributed by atoms with E-state index in [1.165, 1.54) is 77.4 Å². The average molecular weight is 545 g/mol. The van der Waals surface area contributed by atoms with Crippen LogP contribution in [0.15, 0.2) is 18.6 Å². The summed E-state index contributed by atoms with van der Waals surface area (Å²) in [4.78, 5) is 25.0. The van der Waals surface area contributed by atoms with Gasteiger partial charge in [-0.25, -0.2) is 14.8 Å². The fourth-order valence-electron chi connectivity index (χ4n) is 7.13. The number of likely N-dealkylation sites (tertiary alicyclic amines) is 2. The highest BCUT2D eigenvalue weighted by Gasteiger charge is 2.48. The number of nitrogen functional groups attached to an aromatic ring is 1. The summed E-state index contributed by atoms with van der Waals surface area (Å²) in [7, 11) is 0. The molecule has 0 radical (unpaired) electrons. The van der Waals surface area contributed by atoms with Crippen molar-refractivity contribution in [3.05, 3.63) is 24.3 Å². The molecule has 11 heteroatoms. The molecule has 1 saturated carbocycles. The lowest BCUT2D eigenvalue weighted by Crippen LogP contribution is -2.56. The highest BCUT2D eigenvalue weighted by atomic mass is 35.5. The van der Waals surface area contributed by atoms with Crippen LogP contribution in [0.25, 0.3) is 11.3 Å². The SMILES string of the molecule is Cl.Nc1ncc(-c2cnn(C3CCN(C4CC5(CCN(CC6CCNCC6)CC5)C4)CC3)c2)nc1C(=O)O. The number of rotatable bonds is 6. The van der Waals surface area contributed by atoms with Crippen LogP contribution in [-0.4, -0.2) is 92.5 Å². The van der Waals surface area contributed by atoms with E-state index in [1.54, 1.807) is 6.20 Å². The molecule has 1 spiro atoms. The fourth-order valence-corrected chi connectivity index (χ4v) is 7.13. The molecule has 4 aliphatic rings. The summed E-state index contributed by atoms with van der Waals surface area (Å²) in [6.07, 6.45) is 15.6. The van der Waals surface area contributed by atoms with Crippen LogP contribution in [-0.2, 0) is 0 Å². The summed E-state index contributed by atoms with van der Waals surface area (Å²) < 4.78 is 2.02. The lowest BCUT2D eigenvalue weighted by molar-refractivity contribution is -0.0536. The molecule has 6 rings (SSSR count). The second-order valence-electron chi connectivity index (χ2n) is 11.8. The number of piperidine rings is 3. The molecule has 2 aromatic heterocycles. The Morgan fingerprint density at radius 3 is 2.45 bits per heavy atom. The molecule has 10 nitrogen and oxygen atoms in total. The Bertz CT molecular complexity index is 1100. The maximum absolute atomic E-state index is 11.3. The number of carboxylic acids is 1. The lowest BCUT2D eigenvalue weighted by atomic mass is 9.59. The molecule has 38 heavy (non-hydrogen) atoms. The van der Waals surface area contributed by atoms with E-state index in [-0.39, 0.29) is 23.9 Å². The van der Waals surface area contributed by atoms with E-state index in [4.69, 9.17) is 5.73 Å². The molecule has 0 bridgehead atoms. The van der Waals surface area contributed by atoms with Crippen LogP contribution in [0.3, 0.4) is 0 Å². The zero-order valence-corrected chi connectivity index (χ0v) is 22.9. The number of hydrogen-bond acceptors (Lipinski definition) is 8. The van der Waals surface area contributed by atoms with Crippen molar-refractivity contribution in [2.45, 2.75) is 63.5 Å². The number of aromatic nitrogens is 4. The van der Waals surface area contributed by atoms with E-state index in [9.17, 15) is 9.90 Å². The van der Waals surface area contributed by atoms with E-state index in [2.05, 4.69) is 30.2 Å². The van der Waals surface area contributed by atoms with E-state index in [1.807, 2.05) is 10.9 Å². The van der Waals surface area contributed by atoms with Crippen LogP contribution in [0.4, 0.5) is 5.82 Å². The normalized spacial score (nSPS) is 23.7. The first kappa shape index (κ1) is 27.3. The Balaban J connectivity index is 0.00000294. The van der Waals surface area contributed by atoms with Crippen molar-refractivity contribution in [1.82, 2.24) is 34.9 Å². The third kappa shape index (κ3) is 5.68. The molecular weight excluding hydrogens is 504 g/mol.